The van der Waals surface area contributed by atoms with E-state index in [4.69, 9.17) is 0 Å². The molecule has 4 heteroatoms. The van der Waals surface area contributed by atoms with Gasteiger partial charge in [0.15, 0.2) is 5.78 Å². The lowest BCUT2D eigenvalue weighted by Gasteiger charge is -2.32. The molecule has 0 aliphatic carbocycles. The number of ketones is 1. The monoisotopic (exact) mass is 392 g/mol. The number of Topliss-reactive ketones (excluding diaryl/α,β-unsaturated/α-hetero) is 1. The highest BCUT2D eigenvalue weighted by molar-refractivity contribution is 5.99. The predicted octanol–water partition coefficient (Wildman–Crippen LogP) is 4.29. The molecule has 1 aliphatic heterocycles. The summed E-state index contributed by atoms with van der Waals surface area (Å²) < 4.78 is 0. The van der Waals surface area contributed by atoms with E-state index in [0.29, 0.717) is 12.5 Å². The summed E-state index contributed by atoms with van der Waals surface area (Å²) in [7, 11) is 0. The molecule has 0 aromatic heterocycles. The number of carbonyl (C=O) groups excluding carboxylic acids is 2. The number of rotatable bonds is 8. The average Bonchev–Trinajstić information content (AvgIpc) is 2.73. The van der Waals surface area contributed by atoms with Gasteiger partial charge in [-0.15, -0.1) is 0 Å². The van der Waals surface area contributed by atoms with Crippen LogP contribution < -0.4 is 5.32 Å². The first-order valence-corrected chi connectivity index (χ1v) is 10.6. The van der Waals surface area contributed by atoms with E-state index >= 15 is 0 Å². The minimum absolute atomic E-state index is 0.0242. The molecule has 154 valence electrons. The molecule has 0 radical (unpaired) electrons. The summed E-state index contributed by atoms with van der Waals surface area (Å²) in [5.74, 6) is 0.503. The molecule has 1 saturated heterocycles. The van der Waals surface area contributed by atoms with E-state index in [1.165, 1.54) is 12.0 Å². The summed E-state index contributed by atoms with van der Waals surface area (Å²) in [5, 5.41) is 3.05. The van der Waals surface area contributed by atoms with Crippen molar-refractivity contribution < 1.29 is 9.59 Å². The third-order valence-corrected chi connectivity index (χ3v) is 5.71. The van der Waals surface area contributed by atoms with Gasteiger partial charge in [0.1, 0.15) is 0 Å². The number of hydrogen-bond donors (Lipinski definition) is 1. The van der Waals surface area contributed by atoms with Crippen molar-refractivity contribution in [2.75, 3.05) is 19.6 Å². The molecule has 1 atom stereocenters. The van der Waals surface area contributed by atoms with Gasteiger partial charge in [0, 0.05) is 38.0 Å². The standard InChI is InChI=1S/C25H32N2O2/c1-19-10-11-20(2)23(15-19)24(28)12-13-25(29)26-16-22-9-6-14-27(18-22)17-21-7-4-3-5-8-21/h3-5,7-8,10-11,15,22H,6,9,12-14,16-18H2,1-2H3,(H,26,29). The predicted molar refractivity (Wildman–Crippen MR) is 117 cm³/mol. The topological polar surface area (TPSA) is 49.4 Å². The molecule has 4 nitrogen and oxygen atoms in total. The van der Waals surface area contributed by atoms with Gasteiger partial charge in [-0.3, -0.25) is 14.5 Å². The fourth-order valence-corrected chi connectivity index (χ4v) is 4.05. The maximum atomic E-state index is 12.5. The molecule has 3 rings (SSSR count). The third-order valence-electron chi connectivity index (χ3n) is 5.71. The largest absolute Gasteiger partial charge is 0.356 e. The molecule has 1 amide bonds. The molecule has 1 aliphatic rings. The Bertz CT molecular complexity index is 832. The smallest absolute Gasteiger partial charge is 0.220 e. The van der Waals surface area contributed by atoms with E-state index in [9.17, 15) is 9.59 Å². The number of nitrogens with zero attached hydrogens (tertiary/aromatic N) is 1. The Hall–Kier alpha value is -2.46. The molecule has 0 bridgehead atoms. The van der Waals surface area contributed by atoms with Crippen LogP contribution in [0.25, 0.3) is 0 Å². The van der Waals surface area contributed by atoms with Crippen LogP contribution in [-0.4, -0.2) is 36.2 Å². The zero-order chi connectivity index (χ0) is 20.6. The highest BCUT2D eigenvalue weighted by Crippen LogP contribution is 2.18. The van der Waals surface area contributed by atoms with Gasteiger partial charge in [0.25, 0.3) is 0 Å². The Morgan fingerprint density at radius 1 is 1.07 bits per heavy atom. The van der Waals surface area contributed by atoms with E-state index in [1.807, 2.05) is 38.1 Å². The van der Waals surface area contributed by atoms with Crippen LogP contribution in [0, 0.1) is 19.8 Å². The van der Waals surface area contributed by atoms with Crippen molar-refractivity contribution in [1.82, 2.24) is 10.2 Å². The molecular weight excluding hydrogens is 360 g/mol. The summed E-state index contributed by atoms with van der Waals surface area (Å²) >= 11 is 0. The third kappa shape index (κ3) is 6.53. The van der Waals surface area contributed by atoms with Crippen LogP contribution in [0.4, 0.5) is 0 Å². The maximum Gasteiger partial charge on any atom is 0.220 e. The van der Waals surface area contributed by atoms with E-state index in [0.717, 1.165) is 42.7 Å². The van der Waals surface area contributed by atoms with Crippen molar-refractivity contribution in [1.29, 1.82) is 0 Å². The van der Waals surface area contributed by atoms with Gasteiger partial charge in [0.05, 0.1) is 0 Å². The van der Waals surface area contributed by atoms with Gasteiger partial charge >= 0.3 is 0 Å². The van der Waals surface area contributed by atoms with Crippen LogP contribution in [0.2, 0.25) is 0 Å². The summed E-state index contributed by atoms with van der Waals surface area (Å²) in [4.78, 5) is 27.2. The molecule has 1 fully saturated rings. The van der Waals surface area contributed by atoms with Crippen molar-refractivity contribution >= 4 is 11.7 Å². The number of amides is 1. The normalized spacial score (nSPS) is 17.1. The van der Waals surface area contributed by atoms with Gasteiger partial charge < -0.3 is 5.32 Å². The number of nitrogens with one attached hydrogen (secondary N) is 1. The number of aryl methyl sites for hydroxylation is 2. The molecule has 1 N–H and O–H groups in total. The molecule has 1 heterocycles. The lowest BCUT2D eigenvalue weighted by molar-refractivity contribution is -0.121. The van der Waals surface area contributed by atoms with Crippen molar-refractivity contribution in [2.45, 2.75) is 46.1 Å². The highest BCUT2D eigenvalue weighted by Gasteiger charge is 2.20. The minimum Gasteiger partial charge on any atom is -0.356 e. The van der Waals surface area contributed by atoms with Gasteiger partial charge in [-0.05, 0) is 56.3 Å². The molecular formula is C25H32N2O2. The molecule has 29 heavy (non-hydrogen) atoms. The lowest BCUT2D eigenvalue weighted by atomic mass is 9.97. The fourth-order valence-electron chi connectivity index (χ4n) is 4.05. The summed E-state index contributed by atoms with van der Waals surface area (Å²) in [6, 6.07) is 16.4. The van der Waals surface area contributed by atoms with Gasteiger partial charge in [0.2, 0.25) is 5.91 Å². The summed E-state index contributed by atoms with van der Waals surface area (Å²) in [6.07, 6.45) is 2.83. The van der Waals surface area contributed by atoms with Crippen LogP contribution in [0.3, 0.4) is 0 Å². The number of hydrogen-bond acceptors (Lipinski definition) is 3. The van der Waals surface area contributed by atoms with Gasteiger partial charge in [-0.2, -0.15) is 0 Å². The Morgan fingerprint density at radius 3 is 2.66 bits per heavy atom. The Morgan fingerprint density at radius 2 is 1.86 bits per heavy atom. The van der Waals surface area contributed by atoms with E-state index in [1.54, 1.807) is 0 Å². The lowest BCUT2D eigenvalue weighted by Crippen LogP contribution is -2.40. The van der Waals surface area contributed by atoms with Crippen molar-refractivity contribution in [3.63, 3.8) is 0 Å². The first-order valence-electron chi connectivity index (χ1n) is 10.6. The molecule has 0 spiro atoms. The number of carbonyl (C=O) groups is 2. The number of piperidine rings is 1. The molecule has 1 unspecified atom stereocenters. The second-order valence-corrected chi connectivity index (χ2v) is 8.27. The van der Waals surface area contributed by atoms with E-state index in [2.05, 4.69) is 34.5 Å². The van der Waals surface area contributed by atoms with Crippen molar-refractivity contribution in [2.24, 2.45) is 5.92 Å². The van der Waals surface area contributed by atoms with Crippen LogP contribution in [0.5, 0.6) is 0 Å². The Kier molecular flexibility index (Phi) is 7.59. The van der Waals surface area contributed by atoms with Crippen LogP contribution in [0.15, 0.2) is 48.5 Å². The van der Waals surface area contributed by atoms with Crippen LogP contribution >= 0.6 is 0 Å². The summed E-state index contributed by atoms with van der Waals surface area (Å²) in [6.45, 7) is 7.71. The quantitative estimate of drug-likeness (QED) is 0.682. The molecule has 2 aromatic rings. The number of benzene rings is 2. The van der Waals surface area contributed by atoms with Crippen molar-refractivity contribution in [3.8, 4) is 0 Å². The highest BCUT2D eigenvalue weighted by atomic mass is 16.2. The molecule has 0 saturated carbocycles. The maximum absolute atomic E-state index is 12.5. The van der Waals surface area contributed by atoms with Crippen molar-refractivity contribution in [3.05, 3.63) is 70.8 Å². The minimum atomic E-state index is -0.0242. The second kappa shape index (κ2) is 10.4. The first-order chi connectivity index (χ1) is 14.0. The van der Waals surface area contributed by atoms with Crippen LogP contribution in [-0.2, 0) is 11.3 Å². The second-order valence-electron chi connectivity index (χ2n) is 8.27. The average molecular weight is 393 g/mol. The number of likely N-dealkylation sites (tertiary alicyclic amines) is 1. The molecule has 2 aromatic carbocycles. The zero-order valence-corrected chi connectivity index (χ0v) is 17.6. The van der Waals surface area contributed by atoms with E-state index < -0.39 is 0 Å². The SMILES string of the molecule is Cc1ccc(C)c(C(=O)CCC(=O)NCC2CCCN(Cc3ccccc3)C2)c1. The summed E-state index contributed by atoms with van der Waals surface area (Å²) in [5.41, 5.74) is 4.12. The van der Waals surface area contributed by atoms with Gasteiger partial charge in [-0.1, -0.05) is 48.0 Å². The Labute approximate surface area is 174 Å². The van der Waals surface area contributed by atoms with Gasteiger partial charge in [-0.25, -0.2) is 0 Å². The first kappa shape index (κ1) is 21.3. The fraction of sp³-hybridized carbons (Fsp3) is 0.440. The zero-order valence-electron chi connectivity index (χ0n) is 17.6. The van der Waals surface area contributed by atoms with Crippen LogP contribution in [0.1, 0.15) is 52.7 Å². The Balaban J connectivity index is 1.40. The van der Waals surface area contributed by atoms with E-state index in [-0.39, 0.29) is 24.5 Å².